The van der Waals surface area contributed by atoms with Crippen molar-refractivity contribution in [2.24, 2.45) is 29.4 Å². The van der Waals surface area contributed by atoms with Crippen molar-refractivity contribution in [1.82, 2.24) is 4.90 Å². The van der Waals surface area contributed by atoms with Crippen LogP contribution in [0.2, 0.25) is 0 Å². The minimum absolute atomic E-state index is 0. The maximum Gasteiger partial charge on any atom is 1.00 e. The Morgan fingerprint density at radius 1 is 0.761 bits per heavy atom. The molecule has 0 aromatic heterocycles. The first-order valence-corrected chi connectivity index (χ1v) is 16.9. The number of carbonyl (C=O) groups excluding carboxylic acids is 2. The van der Waals surface area contributed by atoms with E-state index in [1.54, 1.807) is 31.2 Å². The summed E-state index contributed by atoms with van der Waals surface area (Å²) in [5.41, 5.74) is 6.51. The molecule has 0 fully saturated rings. The van der Waals surface area contributed by atoms with Gasteiger partial charge in [0.15, 0.2) is 0 Å². The molecular formula is C37H71BN2NaO5. The van der Waals surface area contributed by atoms with E-state index >= 15 is 0 Å². The molecule has 263 valence electrons. The summed E-state index contributed by atoms with van der Waals surface area (Å²) in [5.74, 6) is 0.489. The SMILES string of the molecule is C.CCCC[C@H](C)C(=O)O.CCCC[C@H](C)CN.CCCC[C@H](C)CN1C(=O)c2ccccc2C1=O.CCCC[C@H](C)CO.[B].[H-].[Na+]. The molecule has 1 aromatic rings. The van der Waals surface area contributed by atoms with Gasteiger partial charge in [-0.2, -0.15) is 0 Å². The van der Waals surface area contributed by atoms with Crippen LogP contribution in [0.4, 0.5) is 0 Å². The van der Waals surface area contributed by atoms with Gasteiger partial charge in [-0.15, -0.1) is 0 Å². The summed E-state index contributed by atoms with van der Waals surface area (Å²) in [7, 11) is 0. The molecule has 0 bridgehead atoms. The molecule has 4 atom stereocenters. The van der Waals surface area contributed by atoms with Crippen LogP contribution in [-0.2, 0) is 4.79 Å². The Morgan fingerprint density at radius 2 is 1.13 bits per heavy atom. The number of nitrogens with two attached hydrogens (primary N) is 1. The minimum atomic E-state index is -0.677. The number of carbonyl (C=O) groups is 3. The van der Waals surface area contributed by atoms with E-state index in [-0.39, 0.29) is 64.6 Å². The van der Waals surface area contributed by atoms with Crippen molar-refractivity contribution in [3.05, 3.63) is 35.4 Å². The maximum atomic E-state index is 12.1. The zero-order valence-corrected chi connectivity index (χ0v) is 32.4. The van der Waals surface area contributed by atoms with Crippen LogP contribution in [0.1, 0.15) is 162 Å². The summed E-state index contributed by atoms with van der Waals surface area (Å²) in [6.45, 7) is 18.4. The normalized spacial score (nSPS) is 13.7. The average molecular weight is 658 g/mol. The first-order valence-electron chi connectivity index (χ1n) is 16.9. The van der Waals surface area contributed by atoms with Crippen molar-refractivity contribution in [2.45, 2.75) is 140 Å². The maximum absolute atomic E-state index is 12.1. The summed E-state index contributed by atoms with van der Waals surface area (Å²) in [4.78, 5) is 35.8. The van der Waals surface area contributed by atoms with E-state index in [4.69, 9.17) is 15.9 Å². The number of hydrogen-bond acceptors (Lipinski definition) is 5. The van der Waals surface area contributed by atoms with Gasteiger partial charge in [-0.1, -0.05) is 126 Å². The first-order chi connectivity index (χ1) is 20.4. The average Bonchev–Trinajstić information content (AvgIpc) is 3.25. The number of carboxylic acids is 1. The van der Waals surface area contributed by atoms with Crippen LogP contribution in [0.15, 0.2) is 24.3 Å². The van der Waals surface area contributed by atoms with E-state index < -0.39 is 5.97 Å². The Balaban J connectivity index is -0.000000126. The van der Waals surface area contributed by atoms with Gasteiger partial charge < -0.3 is 17.4 Å². The van der Waals surface area contributed by atoms with Gasteiger partial charge in [0, 0.05) is 21.6 Å². The van der Waals surface area contributed by atoms with E-state index in [1.807, 2.05) is 0 Å². The summed E-state index contributed by atoms with van der Waals surface area (Å²) < 4.78 is 0. The van der Waals surface area contributed by atoms with Gasteiger partial charge in [0.1, 0.15) is 0 Å². The van der Waals surface area contributed by atoms with Gasteiger partial charge in [-0.05, 0) is 62.1 Å². The Hall–Kier alpha value is -1.19. The monoisotopic (exact) mass is 658 g/mol. The standard InChI is InChI=1S/C15H19NO2.C7H17N.C7H14O2.C7H16O.CH4.B.Na.H/c1-3-4-7-11(2)10-16-14(17)12-8-5-6-9-13(12)15(16)18;1-3-4-5-7(2)6-8;1-3-4-5-6(2)7(8)9;1-3-4-5-7(2)6-8;;;;/h5-6,8-9,11H,3-4,7,10H2,1-2H3;7H,3-6,8H2,1-2H3;6H,3-5H2,1-2H3,(H,8,9);7-8H,3-6H2,1-2H3;1H4;;;/q;;;;;;+1;-1/t11-;7-;6-;7-;;;;/m0000..../s1. The summed E-state index contributed by atoms with van der Waals surface area (Å²) in [5, 5.41) is 17.0. The van der Waals surface area contributed by atoms with Gasteiger partial charge in [0.25, 0.3) is 11.8 Å². The van der Waals surface area contributed by atoms with Gasteiger partial charge in [0.05, 0.1) is 17.0 Å². The van der Waals surface area contributed by atoms with Crippen molar-refractivity contribution in [3.8, 4) is 0 Å². The van der Waals surface area contributed by atoms with Crippen LogP contribution in [0.5, 0.6) is 0 Å². The van der Waals surface area contributed by atoms with Crippen molar-refractivity contribution in [3.63, 3.8) is 0 Å². The Morgan fingerprint density at radius 3 is 1.48 bits per heavy atom. The molecule has 0 unspecified atom stereocenters. The predicted molar refractivity (Wildman–Crippen MR) is 194 cm³/mol. The van der Waals surface area contributed by atoms with Crippen LogP contribution < -0.4 is 35.3 Å². The van der Waals surface area contributed by atoms with Crippen molar-refractivity contribution >= 4 is 26.2 Å². The summed E-state index contributed by atoms with van der Waals surface area (Å²) in [6.07, 6.45) is 13.9. The molecule has 7 nitrogen and oxygen atoms in total. The van der Waals surface area contributed by atoms with E-state index in [0.717, 1.165) is 51.0 Å². The zero-order chi connectivity index (χ0) is 33.2. The second kappa shape index (κ2) is 35.1. The number of aliphatic carboxylic acids is 1. The molecule has 0 spiro atoms. The number of aliphatic hydroxyl groups is 1. The third kappa shape index (κ3) is 25.8. The Labute approximate surface area is 309 Å². The summed E-state index contributed by atoms with van der Waals surface area (Å²) >= 11 is 0. The number of rotatable bonds is 17. The third-order valence-corrected chi connectivity index (χ3v) is 7.65. The number of hydrogen-bond donors (Lipinski definition) is 3. The second-order valence-electron chi connectivity index (χ2n) is 12.3. The van der Waals surface area contributed by atoms with Crippen molar-refractivity contribution in [1.29, 1.82) is 0 Å². The van der Waals surface area contributed by atoms with Gasteiger partial charge in [0.2, 0.25) is 0 Å². The smallest absolute Gasteiger partial charge is 1.00 e. The van der Waals surface area contributed by atoms with Crippen molar-refractivity contribution in [2.75, 3.05) is 19.7 Å². The van der Waals surface area contributed by atoms with E-state index in [2.05, 4.69) is 48.5 Å². The van der Waals surface area contributed by atoms with Crippen LogP contribution in [0.25, 0.3) is 0 Å². The molecule has 9 heteroatoms. The van der Waals surface area contributed by atoms with Crippen LogP contribution in [0, 0.1) is 23.7 Å². The molecular weight excluding hydrogens is 586 g/mol. The van der Waals surface area contributed by atoms with Crippen molar-refractivity contribution < 1.29 is 55.6 Å². The molecule has 1 aromatic carbocycles. The first kappa shape index (κ1) is 54.3. The molecule has 4 N–H and O–H groups in total. The number of fused-ring (bicyclic) bond motifs is 1. The molecule has 2 rings (SSSR count). The fraction of sp³-hybridized carbons (Fsp3) is 0.757. The molecule has 46 heavy (non-hydrogen) atoms. The number of aliphatic hydroxyl groups excluding tert-OH is 1. The number of nitrogens with zero attached hydrogens (tertiary/aromatic N) is 1. The molecule has 3 radical (unpaired) electrons. The molecule has 1 heterocycles. The molecule has 2 amide bonds. The van der Waals surface area contributed by atoms with E-state index in [1.165, 1.54) is 43.4 Å². The van der Waals surface area contributed by atoms with Crippen LogP contribution in [-0.4, -0.2) is 61.0 Å². The zero-order valence-electron chi connectivity index (χ0n) is 31.4. The number of carboxylic acid groups (broad SMARTS) is 1. The molecule has 0 aliphatic carbocycles. The number of benzene rings is 1. The second-order valence-corrected chi connectivity index (χ2v) is 12.3. The minimum Gasteiger partial charge on any atom is -1.00 e. The largest absolute Gasteiger partial charge is 1.00 e. The van der Waals surface area contributed by atoms with Crippen LogP contribution >= 0.6 is 0 Å². The molecule has 0 saturated heterocycles. The predicted octanol–water partition coefficient (Wildman–Crippen LogP) is 5.95. The van der Waals surface area contributed by atoms with E-state index in [9.17, 15) is 14.4 Å². The number of imide groups is 1. The van der Waals surface area contributed by atoms with Gasteiger partial charge >= 0.3 is 35.5 Å². The van der Waals surface area contributed by atoms with Gasteiger partial charge in [-0.25, -0.2) is 0 Å². The Kier molecular flexibility index (Phi) is 41.4. The third-order valence-electron chi connectivity index (χ3n) is 7.65. The fourth-order valence-electron chi connectivity index (χ4n) is 4.31. The topological polar surface area (TPSA) is 121 Å². The number of amides is 2. The van der Waals surface area contributed by atoms with Gasteiger partial charge in [-0.3, -0.25) is 19.3 Å². The summed E-state index contributed by atoms with van der Waals surface area (Å²) in [6, 6.07) is 7.06. The van der Waals surface area contributed by atoms with Crippen LogP contribution in [0.3, 0.4) is 0 Å². The quantitative estimate of drug-likeness (QED) is 0.141. The number of unbranched alkanes of at least 4 members (excludes halogenated alkanes) is 4. The molecule has 1 aliphatic rings. The fourth-order valence-corrected chi connectivity index (χ4v) is 4.31. The molecule has 1 aliphatic heterocycles. The molecule has 0 saturated carbocycles. The Bertz CT molecular complexity index is 832. The van der Waals surface area contributed by atoms with E-state index in [0.29, 0.717) is 36.1 Å².